The van der Waals surface area contributed by atoms with Crippen LogP contribution in [-0.2, 0) is 4.79 Å². The van der Waals surface area contributed by atoms with Crippen molar-refractivity contribution in [3.63, 3.8) is 0 Å². The van der Waals surface area contributed by atoms with E-state index in [0.29, 0.717) is 12.1 Å². The number of amides is 2. The summed E-state index contributed by atoms with van der Waals surface area (Å²) in [6, 6.07) is 14.7. The molecule has 2 rings (SSSR count). The van der Waals surface area contributed by atoms with E-state index in [0.717, 1.165) is 15.7 Å². The van der Waals surface area contributed by atoms with Crippen molar-refractivity contribution in [3.05, 3.63) is 64.1 Å². The molecule has 0 bridgehead atoms. The van der Waals surface area contributed by atoms with E-state index in [-0.39, 0.29) is 18.2 Å². The number of carbonyl (C=O) groups excluding carboxylic acids is 2. The highest BCUT2D eigenvalue weighted by Gasteiger charge is 2.08. The average Bonchev–Trinajstić information content (AvgIpc) is 2.50. The molecule has 0 aliphatic carbocycles. The van der Waals surface area contributed by atoms with E-state index in [4.69, 9.17) is 0 Å². The minimum atomic E-state index is -0.158. The van der Waals surface area contributed by atoms with Crippen LogP contribution in [0.2, 0.25) is 0 Å². The Balaban J connectivity index is 1.78. The fourth-order valence-corrected chi connectivity index (χ4v) is 2.23. The van der Waals surface area contributed by atoms with Gasteiger partial charge in [0, 0.05) is 28.7 Å². The Morgan fingerprint density at radius 2 is 1.73 bits per heavy atom. The molecule has 5 heteroatoms. The summed E-state index contributed by atoms with van der Waals surface area (Å²) < 4.78 is 0.955. The van der Waals surface area contributed by atoms with Gasteiger partial charge in [-0.3, -0.25) is 9.59 Å². The van der Waals surface area contributed by atoms with Crippen molar-refractivity contribution < 1.29 is 9.59 Å². The Morgan fingerprint density at radius 3 is 2.41 bits per heavy atom. The minimum absolute atomic E-state index is 0.132. The van der Waals surface area contributed by atoms with Gasteiger partial charge in [0.2, 0.25) is 5.91 Å². The predicted octanol–water partition coefficient (Wildman–Crippen LogP) is 3.52. The molecule has 114 valence electrons. The number of aryl methyl sites for hydroxylation is 1. The molecule has 0 saturated heterocycles. The smallest absolute Gasteiger partial charge is 0.251 e. The van der Waals surface area contributed by atoms with Crippen LogP contribution < -0.4 is 10.6 Å². The van der Waals surface area contributed by atoms with E-state index >= 15 is 0 Å². The van der Waals surface area contributed by atoms with Crippen LogP contribution in [0.1, 0.15) is 22.3 Å². The van der Waals surface area contributed by atoms with Crippen molar-refractivity contribution in [2.24, 2.45) is 0 Å². The quantitative estimate of drug-likeness (QED) is 0.856. The Bertz CT molecular complexity index is 669. The highest BCUT2D eigenvalue weighted by atomic mass is 79.9. The third-order valence-corrected chi connectivity index (χ3v) is 3.68. The van der Waals surface area contributed by atoms with E-state index in [9.17, 15) is 9.59 Å². The lowest BCUT2D eigenvalue weighted by Crippen LogP contribution is -2.28. The second-order valence-corrected chi connectivity index (χ2v) is 5.79. The first-order valence-corrected chi connectivity index (χ1v) is 7.75. The lowest BCUT2D eigenvalue weighted by atomic mass is 10.1. The number of hydrogen-bond acceptors (Lipinski definition) is 2. The van der Waals surface area contributed by atoms with E-state index in [1.165, 1.54) is 0 Å². The summed E-state index contributed by atoms with van der Waals surface area (Å²) in [4.78, 5) is 23.8. The zero-order chi connectivity index (χ0) is 15.9. The molecule has 0 atom stereocenters. The van der Waals surface area contributed by atoms with Gasteiger partial charge >= 0.3 is 0 Å². The van der Waals surface area contributed by atoms with Gasteiger partial charge in [-0.1, -0.05) is 34.1 Å². The van der Waals surface area contributed by atoms with Gasteiger partial charge in [0.1, 0.15) is 0 Å². The van der Waals surface area contributed by atoms with Crippen molar-refractivity contribution in [1.29, 1.82) is 0 Å². The van der Waals surface area contributed by atoms with Crippen molar-refractivity contribution in [2.45, 2.75) is 13.3 Å². The van der Waals surface area contributed by atoms with Crippen LogP contribution in [0, 0.1) is 6.92 Å². The normalized spacial score (nSPS) is 10.1. The average molecular weight is 361 g/mol. The van der Waals surface area contributed by atoms with E-state index in [2.05, 4.69) is 26.6 Å². The molecule has 22 heavy (non-hydrogen) atoms. The van der Waals surface area contributed by atoms with Gasteiger partial charge in [0.25, 0.3) is 5.91 Å². The van der Waals surface area contributed by atoms with Crippen LogP contribution in [0.25, 0.3) is 0 Å². The molecule has 0 saturated carbocycles. The van der Waals surface area contributed by atoms with Crippen molar-refractivity contribution in [2.75, 3.05) is 11.9 Å². The predicted molar refractivity (Wildman–Crippen MR) is 90.9 cm³/mol. The number of rotatable bonds is 5. The second-order valence-electron chi connectivity index (χ2n) is 4.88. The summed E-state index contributed by atoms with van der Waals surface area (Å²) in [6.45, 7) is 2.19. The van der Waals surface area contributed by atoms with Gasteiger partial charge in [0.15, 0.2) is 0 Å². The maximum atomic E-state index is 12.0. The lowest BCUT2D eigenvalue weighted by molar-refractivity contribution is -0.116. The van der Waals surface area contributed by atoms with Crippen LogP contribution in [0.4, 0.5) is 5.69 Å². The van der Waals surface area contributed by atoms with Crippen molar-refractivity contribution >= 4 is 33.4 Å². The first-order valence-electron chi connectivity index (χ1n) is 6.95. The molecule has 0 unspecified atom stereocenters. The van der Waals surface area contributed by atoms with E-state index in [1.807, 2.05) is 49.4 Å². The molecular weight excluding hydrogens is 344 g/mol. The topological polar surface area (TPSA) is 58.2 Å². The lowest BCUT2D eigenvalue weighted by Gasteiger charge is -2.08. The molecule has 0 aliphatic heterocycles. The van der Waals surface area contributed by atoms with Crippen LogP contribution >= 0.6 is 15.9 Å². The number of benzene rings is 2. The molecule has 0 aromatic heterocycles. The molecule has 2 amide bonds. The number of halogens is 1. The Morgan fingerprint density at radius 1 is 1.05 bits per heavy atom. The third-order valence-electron chi connectivity index (χ3n) is 3.16. The maximum Gasteiger partial charge on any atom is 0.251 e. The molecule has 0 heterocycles. The van der Waals surface area contributed by atoms with Gasteiger partial charge in [-0.15, -0.1) is 0 Å². The van der Waals surface area contributed by atoms with Crippen LogP contribution in [0.5, 0.6) is 0 Å². The number of anilines is 1. The first-order chi connectivity index (χ1) is 10.6. The van der Waals surface area contributed by atoms with Gasteiger partial charge in [-0.25, -0.2) is 0 Å². The molecule has 0 spiro atoms. The molecule has 4 nitrogen and oxygen atoms in total. The third kappa shape index (κ3) is 4.70. The van der Waals surface area contributed by atoms with E-state index < -0.39 is 0 Å². The largest absolute Gasteiger partial charge is 0.352 e. The monoisotopic (exact) mass is 360 g/mol. The summed E-state index contributed by atoms with van der Waals surface area (Å²) in [6.07, 6.45) is 0.230. The van der Waals surface area contributed by atoms with Gasteiger partial charge in [0.05, 0.1) is 0 Å². The van der Waals surface area contributed by atoms with Gasteiger partial charge < -0.3 is 10.6 Å². The fourth-order valence-electron chi connectivity index (χ4n) is 1.97. The number of carbonyl (C=O) groups is 2. The molecular formula is C17H17BrN2O2. The maximum absolute atomic E-state index is 12.0. The zero-order valence-electron chi connectivity index (χ0n) is 12.2. The number of hydrogen-bond donors (Lipinski definition) is 2. The Hall–Kier alpha value is -2.14. The molecule has 0 fully saturated rings. The second kappa shape index (κ2) is 7.75. The highest BCUT2D eigenvalue weighted by Crippen LogP contribution is 2.14. The Labute approximate surface area is 138 Å². The van der Waals surface area contributed by atoms with Crippen LogP contribution in [-0.4, -0.2) is 18.4 Å². The zero-order valence-corrected chi connectivity index (χ0v) is 13.8. The fraction of sp³-hybridized carbons (Fsp3) is 0.176. The summed E-state index contributed by atoms with van der Waals surface area (Å²) in [5, 5.41) is 5.54. The summed E-state index contributed by atoms with van der Waals surface area (Å²) in [5.74, 6) is -0.290. The summed E-state index contributed by atoms with van der Waals surface area (Å²) >= 11 is 3.34. The first kappa shape index (κ1) is 16.2. The van der Waals surface area contributed by atoms with Crippen LogP contribution in [0.15, 0.2) is 53.0 Å². The molecule has 0 radical (unpaired) electrons. The molecule has 2 N–H and O–H groups in total. The van der Waals surface area contributed by atoms with Crippen LogP contribution in [0.3, 0.4) is 0 Å². The summed E-state index contributed by atoms with van der Waals surface area (Å²) in [7, 11) is 0. The minimum Gasteiger partial charge on any atom is -0.352 e. The van der Waals surface area contributed by atoms with Gasteiger partial charge in [-0.05, 0) is 42.8 Å². The van der Waals surface area contributed by atoms with Gasteiger partial charge in [-0.2, -0.15) is 0 Å². The van der Waals surface area contributed by atoms with Crippen molar-refractivity contribution in [1.82, 2.24) is 5.32 Å². The number of nitrogens with one attached hydrogen (secondary N) is 2. The summed E-state index contributed by atoms with van der Waals surface area (Å²) in [5.41, 5.74) is 2.29. The molecule has 0 aliphatic rings. The Kier molecular flexibility index (Phi) is 5.72. The molecule has 2 aromatic rings. The standard InChI is InChI=1S/C17H17BrN2O2/c1-12-4-2-3-5-15(12)17(22)19-11-10-16(21)20-14-8-6-13(18)7-9-14/h2-9H,10-11H2,1H3,(H,19,22)(H,20,21). The van der Waals surface area contributed by atoms with Crippen molar-refractivity contribution in [3.8, 4) is 0 Å². The van der Waals surface area contributed by atoms with E-state index in [1.54, 1.807) is 6.07 Å². The highest BCUT2D eigenvalue weighted by molar-refractivity contribution is 9.10. The molecule has 2 aromatic carbocycles. The SMILES string of the molecule is Cc1ccccc1C(=O)NCCC(=O)Nc1ccc(Br)cc1.